The Balaban J connectivity index is 2.16. The van der Waals surface area contributed by atoms with Crippen molar-refractivity contribution in [1.29, 1.82) is 0 Å². The van der Waals surface area contributed by atoms with Crippen molar-refractivity contribution in [2.45, 2.75) is 17.5 Å². The van der Waals surface area contributed by atoms with Crippen molar-refractivity contribution < 1.29 is 4.74 Å². The normalized spacial score (nSPS) is 10.8. The minimum atomic E-state index is -0.205. The van der Waals surface area contributed by atoms with Crippen LogP contribution in [0.2, 0.25) is 0 Å². The lowest BCUT2D eigenvalue weighted by molar-refractivity contribution is 0.411. The number of H-pyrrole nitrogens is 1. The van der Waals surface area contributed by atoms with Gasteiger partial charge in [-0.15, -0.1) is 5.10 Å². The van der Waals surface area contributed by atoms with Crippen molar-refractivity contribution >= 4 is 11.8 Å². The third-order valence-electron chi connectivity index (χ3n) is 2.92. The average Bonchev–Trinajstić information content (AvgIpc) is 2.77. The molecule has 7 heteroatoms. The number of aromatic amines is 1. The fourth-order valence-corrected chi connectivity index (χ4v) is 2.76. The molecule has 2 rings (SSSR count). The van der Waals surface area contributed by atoms with E-state index in [4.69, 9.17) is 4.74 Å². The number of nitrogens with one attached hydrogen (secondary N) is 2. The van der Waals surface area contributed by atoms with Gasteiger partial charge in [0.25, 0.3) is 0 Å². The van der Waals surface area contributed by atoms with Crippen LogP contribution in [0.4, 0.5) is 0 Å². The van der Waals surface area contributed by atoms with Crippen molar-refractivity contribution in [2.24, 2.45) is 7.05 Å². The molecule has 0 unspecified atom stereocenters. The number of methoxy groups -OCH3 is 1. The van der Waals surface area contributed by atoms with Crippen LogP contribution >= 0.6 is 11.8 Å². The number of ether oxygens (including phenoxy) is 1. The van der Waals surface area contributed by atoms with Crippen LogP contribution in [0, 0.1) is 0 Å². The van der Waals surface area contributed by atoms with E-state index in [0.717, 1.165) is 17.9 Å². The third-order valence-corrected chi connectivity index (χ3v) is 4.00. The van der Waals surface area contributed by atoms with E-state index in [0.29, 0.717) is 10.9 Å². The van der Waals surface area contributed by atoms with Gasteiger partial charge in [0.2, 0.25) is 0 Å². The SMILES string of the molecule is CNCc1ccc(OC)c(CSc2n[nH]c(=O)n2C)c1. The first-order valence-corrected chi connectivity index (χ1v) is 7.19. The average molecular weight is 294 g/mol. The summed E-state index contributed by atoms with van der Waals surface area (Å²) in [6.45, 7) is 0.808. The van der Waals surface area contributed by atoms with Gasteiger partial charge in [-0.3, -0.25) is 4.57 Å². The summed E-state index contributed by atoms with van der Waals surface area (Å²) < 4.78 is 6.87. The highest BCUT2D eigenvalue weighted by molar-refractivity contribution is 7.98. The van der Waals surface area contributed by atoms with Crippen molar-refractivity contribution in [2.75, 3.05) is 14.2 Å². The van der Waals surface area contributed by atoms with E-state index >= 15 is 0 Å². The smallest absolute Gasteiger partial charge is 0.343 e. The van der Waals surface area contributed by atoms with Gasteiger partial charge in [-0.25, -0.2) is 9.89 Å². The van der Waals surface area contributed by atoms with E-state index in [1.165, 1.54) is 21.9 Å². The highest BCUT2D eigenvalue weighted by atomic mass is 32.2. The number of aromatic nitrogens is 3. The van der Waals surface area contributed by atoms with Crippen LogP contribution in [-0.4, -0.2) is 28.9 Å². The van der Waals surface area contributed by atoms with Gasteiger partial charge in [0.05, 0.1) is 7.11 Å². The van der Waals surface area contributed by atoms with Crippen molar-refractivity contribution in [3.8, 4) is 5.75 Å². The standard InChI is InChI=1S/C13H18N4O2S/c1-14-7-9-4-5-11(19-3)10(6-9)8-20-13-16-15-12(18)17(13)2/h4-6,14H,7-8H2,1-3H3,(H,15,18). The van der Waals surface area contributed by atoms with Gasteiger partial charge in [0.1, 0.15) is 5.75 Å². The molecular formula is C13H18N4O2S. The van der Waals surface area contributed by atoms with Gasteiger partial charge >= 0.3 is 5.69 Å². The molecule has 0 radical (unpaired) electrons. The molecule has 0 bridgehead atoms. The summed E-state index contributed by atoms with van der Waals surface area (Å²) in [4.78, 5) is 11.3. The Kier molecular flexibility index (Phi) is 4.86. The Morgan fingerprint density at radius 1 is 1.50 bits per heavy atom. The molecule has 0 saturated heterocycles. The zero-order valence-corrected chi connectivity index (χ0v) is 12.6. The largest absolute Gasteiger partial charge is 0.496 e. The lowest BCUT2D eigenvalue weighted by Crippen LogP contribution is -2.12. The summed E-state index contributed by atoms with van der Waals surface area (Å²) in [6, 6.07) is 6.10. The van der Waals surface area contributed by atoms with Crippen LogP contribution in [0.1, 0.15) is 11.1 Å². The van der Waals surface area contributed by atoms with Gasteiger partial charge in [-0.2, -0.15) is 0 Å². The summed E-state index contributed by atoms with van der Waals surface area (Å²) in [5.74, 6) is 1.54. The predicted molar refractivity (Wildman–Crippen MR) is 79.1 cm³/mol. The molecule has 20 heavy (non-hydrogen) atoms. The monoisotopic (exact) mass is 294 g/mol. The van der Waals surface area contributed by atoms with Crippen molar-refractivity contribution in [1.82, 2.24) is 20.1 Å². The molecule has 0 atom stereocenters. The minimum absolute atomic E-state index is 0.205. The van der Waals surface area contributed by atoms with Gasteiger partial charge in [0.15, 0.2) is 5.16 Å². The van der Waals surface area contributed by atoms with E-state index < -0.39 is 0 Å². The van der Waals surface area contributed by atoms with Crippen LogP contribution in [0.3, 0.4) is 0 Å². The number of hydrogen-bond acceptors (Lipinski definition) is 5. The molecule has 6 nitrogen and oxygen atoms in total. The molecule has 1 aromatic heterocycles. The van der Waals surface area contributed by atoms with E-state index in [9.17, 15) is 4.79 Å². The van der Waals surface area contributed by atoms with Gasteiger partial charge in [-0.05, 0) is 24.7 Å². The zero-order chi connectivity index (χ0) is 14.5. The molecule has 0 saturated carbocycles. The van der Waals surface area contributed by atoms with Crippen LogP contribution in [0.15, 0.2) is 28.2 Å². The Hall–Kier alpha value is -1.73. The van der Waals surface area contributed by atoms with Crippen molar-refractivity contribution in [3.63, 3.8) is 0 Å². The third kappa shape index (κ3) is 3.23. The minimum Gasteiger partial charge on any atom is -0.496 e. The maximum atomic E-state index is 11.3. The zero-order valence-electron chi connectivity index (χ0n) is 11.8. The summed E-state index contributed by atoms with van der Waals surface area (Å²) >= 11 is 1.50. The van der Waals surface area contributed by atoms with Crippen molar-refractivity contribution in [3.05, 3.63) is 39.8 Å². The Labute approximate surface area is 121 Å². The summed E-state index contributed by atoms with van der Waals surface area (Å²) in [5, 5.41) is 10.2. The Morgan fingerprint density at radius 2 is 2.30 bits per heavy atom. The quantitative estimate of drug-likeness (QED) is 0.781. The molecule has 2 N–H and O–H groups in total. The maximum Gasteiger partial charge on any atom is 0.343 e. The molecule has 108 valence electrons. The molecule has 0 aliphatic rings. The van der Waals surface area contributed by atoms with Crippen LogP contribution in [-0.2, 0) is 19.3 Å². The summed E-state index contributed by atoms with van der Waals surface area (Å²) in [5.41, 5.74) is 2.07. The summed E-state index contributed by atoms with van der Waals surface area (Å²) in [7, 11) is 5.27. The lowest BCUT2D eigenvalue weighted by Gasteiger charge is -2.10. The molecule has 1 heterocycles. The molecule has 0 spiro atoms. The van der Waals surface area contributed by atoms with E-state index in [-0.39, 0.29) is 5.69 Å². The number of rotatable bonds is 6. The number of nitrogens with zero attached hydrogens (tertiary/aromatic N) is 2. The topological polar surface area (TPSA) is 71.9 Å². The van der Waals surface area contributed by atoms with Crippen LogP contribution < -0.4 is 15.7 Å². The first kappa shape index (κ1) is 14.7. The van der Waals surface area contributed by atoms with Gasteiger partial charge in [-0.1, -0.05) is 17.8 Å². The number of thioether (sulfide) groups is 1. The Bertz CT molecular complexity index is 636. The van der Waals surface area contributed by atoms with Crippen LogP contribution in [0.25, 0.3) is 0 Å². The summed E-state index contributed by atoms with van der Waals surface area (Å²) in [6.07, 6.45) is 0. The molecule has 0 amide bonds. The fraction of sp³-hybridized carbons (Fsp3) is 0.385. The molecule has 2 aromatic rings. The molecule has 0 aliphatic carbocycles. The van der Waals surface area contributed by atoms with Gasteiger partial charge < -0.3 is 10.1 Å². The first-order chi connectivity index (χ1) is 9.65. The van der Waals surface area contributed by atoms with E-state index in [2.05, 4.69) is 21.6 Å². The number of hydrogen-bond donors (Lipinski definition) is 2. The van der Waals surface area contributed by atoms with Crippen LogP contribution in [0.5, 0.6) is 5.75 Å². The Morgan fingerprint density at radius 3 is 2.90 bits per heavy atom. The lowest BCUT2D eigenvalue weighted by atomic mass is 10.1. The highest BCUT2D eigenvalue weighted by Crippen LogP contribution is 2.27. The van der Waals surface area contributed by atoms with E-state index in [1.807, 2.05) is 19.2 Å². The highest BCUT2D eigenvalue weighted by Gasteiger charge is 2.09. The second-order valence-electron chi connectivity index (χ2n) is 4.34. The second-order valence-corrected chi connectivity index (χ2v) is 5.28. The second kappa shape index (κ2) is 6.62. The maximum absolute atomic E-state index is 11.3. The molecule has 0 aliphatic heterocycles. The first-order valence-electron chi connectivity index (χ1n) is 6.20. The number of benzene rings is 1. The molecule has 1 aromatic carbocycles. The van der Waals surface area contributed by atoms with Gasteiger partial charge in [0, 0.05) is 24.9 Å². The fourth-order valence-electron chi connectivity index (χ4n) is 1.86. The predicted octanol–water partition coefficient (Wildman–Crippen LogP) is 1.13. The van der Waals surface area contributed by atoms with E-state index in [1.54, 1.807) is 14.2 Å². The molecular weight excluding hydrogens is 276 g/mol. The molecule has 0 fully saturated rings.